The first-order valence-corrected chi connectivity index (χ1v) is 7.70. The molecule has 21 heavy (non-hydrogen) atoms. The van der Waals surface area contributed by atoms with E-state index in [-0.39, 0.29) is 18.5 Å². The molecule has 1 heterocycles. The van der Waals surface area contributed by atoms with Gasteiger partial charge in [-0.3, -0.25) is 4.79 Å². The van der Waals surface area contributed by atoms with Gasteiger partial charge in [0.15, 0.2) is 0 Å². The average Bonchev–Trinajstić information content (AvgIpc) is 3.08. The second kappa shape index (κ2) is 6.02. The minimum Gasteiger partial charge on any atom is -0.339 e. The number of aromatic nitrogens is 1. The SMILES string of the molecule is CC(C)CN(CC(F)(F)F)C(=O)c1cc(Br)cn1C1CC1. The van der Waals surface area contributed by atoms with E-state index >= 15 is 0 Å². The smallest absolute Gasteiger partial charge is 0.339 e. The molecular weight excluding hydrogens is 349 g/mol. The summed E-state index contributed by atoms with van der Waals surface area (Å²) in [5.74, 6) is -0.581. The number of carbonyl (C=O) groups excluding carboxylic acids is 1. The van der Waals surface area contributed by atoms with Gasteiger partial charge < -0.3 is 9.47 Å². The fourth-order valence-corrected chi connectivity index (χ4v) is 2.75. The molecule has 118 valence electrons. The van der Waals surface area contributed by atoms with Crippen molar-refractivity contribution in [2.24, 2.45) is 5.92 Å². The summed E-state index contributed by atoms with van der Waals surface area (Å²) in [6, 6.07) is 1.84. The van der Waals surface area contributed by atoms with Gasteiger partial charge in [-0.1, -0.05) is 13.8 Å². The van der Waals surface area contributed by atoms with E-state index in [1.54, 1.807) is 30.7 Å². The number of hydrogen-bond donors (Lipinski definition) is 0. The summed E-state index contributed by atoms with van der Waals surface area (Å²) >= 11 is 3.29. The predicted octanol–water partition coefficient (Wildman–Crippen LogP) is 4.25. The van der Waals surface area contributed by atoms with Crippen LogP contribution < -0.4 is 0 Å². The van der Waals surface area contributed by atoms with Gasteiger partial charge in [0.1, 0.15) is 12.2 Å². The zero-order valence-electron chi connectivity index (χ0n) is 12.0. The van der Waals surface area contributed by atoms with Gasteiger partial charge in [0.25, 0.3) is 5.91 Å². The molecule has 0 atom stereocenters. The molecule has 1 aliphatic carbocycles. The Balaban J connectivity index is 2.24. The quantitative estimate of drug-likeness (QED) is 0.764. The van der Waals surface area contributed by atoms with E-state index in [9.17, 15) is 18.0 Å². The lowest BCUT2D eigenvalue weighted by molar-refractivity contribution is -0.141. The van der Waals surface area contributed by atoms with Gasteiger partial charge in [-0.15, -0.1) is 0 Å². The Kier molecular flexibility index (Phi) is 4.70. The molecule has 0 aliphatic heterocycles. The van der Waals surface area contributed by atoms with Crippen LogP contribution in [0, 0.1) is 5.92 Å². The van der Waals surface area contributed by atoms with E-state index in [1.165, 1.54) is 0 Å². The van der Waals surface area contributed by atoms with Crippen molar-refractivity contribution in [1.29, 1.82) is 0 Å². The molecule has 1 aliphatic rings. The first kappa shape index (κ1) is 16.4. The maximum atomic E-state index is 12.7. The molecule has 3 nitrogen and oxygen atoms in total. The van der Waals surface area contributed by atoms with Gasteiger partial charge in [0.2, 0.25) is 0 Å². The summed E-state index contributed by atoms with van der Waals surface area (Å²) in [4.78, 5) is 13.4. The van der Waals surface area contributed by atoms with Gasteiger partial charge in [-0.05, 0) is 40.8 Å². The molecule has 1 saturated carbocycles. The fourth-order valence-electron chi connectivity index (χ4n) is 2.31. The minimum absolute atomic E-state index is 0.0240. The number of alkyl halides is 3. The molecular formula is C14H18BrF3N2O. The Labute approximate surface area is 130 Å². The Morgan fingerprint density at radius 1 is 1.48 bits per heavy atom. The highest BCUT2D eigenvalue weighted by atomic mass is 79.9. The van der Waals surface area contributed by atoms with Crippen molar-refractivity contribution in [2.75, 3.05) is 13.1 Å². The second-order valence-corrected chi connectivity index (χ2v) is 6.79. The minimum atomic E-state index is -4.39. The van der Waals surface area contributed by atoms with Gasteiger partial charge in [-0.25, -0.2) is 0 Å². The molecule has 0 saturated heterocycles. The lowest BCUT2D eigenvalue weighted by Gasteiger charge is -2.26. The van der Waals surface area contributed by atoms with Crippen molar-refractivity contribution in [3.63, 3.8) is 0 Å². The molecule has 0 spiro atoms. The highest BCUT2D eigenvalue weighted by Gasteiger charge is 2.36. The Hall–Kier alpha value is -0.980. The number of carbonyl (C=O) groups is 1. The van der Waals surface area contributed by atoms with Crippen molar-refractivity contribution < 1.29 is 18.0 Å². The highest BCUT2D eigenvalue weighted by molar-refractivity contribution is 9.10. The lowest BCUT2D eigenvalue weighted by Crippen LogP contribution is -2.41. The standard InChI is InChI=1S/C14H18BrF3N2O/c1-9(2)6-19(8-14(16,17)18)13(21)12-5-10(15)7-20(12)11-3-4-11/h5,7,9,11H,3-4,6,8H2,1-2H3. The summed E-state index contributed by atoms with van der Waals surface area (Å²) in [5.41, 5.74) is 0.328. The van der Waals surface area contributed by atoms with Crippen LogP contribution in [-0.4, -0.2) is 34.6 Å². The van der Waals surface area contributed by atoms with E-state index in [4.69, 9.17) is 0 Å². The van der Waals surface area contributed by atoms with Gasteiger partial charge in [-0.2, -0.15) is 13.2 Å². The van der Waals surface area contributed by atoms with Crippen LogP contribution in [0.1, 0.15) is 43.2 Å². The lowest BCUT2D eigenvalue weighted by atomic mass is 10.2. The molecule has 0 bridgehead atoms. The van der Waals surface area contributed by atoms with Gasteiger partial charge in [0, 0.05) is 23.3 Å². The molecule has 1 fully saturated rings. The largest absolute Gasteiger partial charge is 0.406 e. The maximum Gasteiger partial charge on any atom is 0.406 e. The molecule has 0 radical (unpaired) electrons. The molecule has 1 amide bonds. The predicted molar refractivity (Wildman–Crippen MR) is 77.2 cm³/mol. The normalized spacial score (nSPS) is 15.6. The van der Waals surface area contributed by atoms with Crippen LogP contribution in [0.5, 0.6) is 0 Å². The van der Waals surface area contributed by atoms with E-state index in [0.717, 1.165) is 17.7 Å². The van der Waals surface area contributed by atoms with Crippen LogP contribution in [0.3, 0.4) is 0 Å². The number of nitrogens with zero attached hydrogens (tertiary/aromatic N) is 2. The Morgan fingerprint density at radius 2 is 2.10 bits per heavy atom. The van der Waals surface area contributed by atoms with Crippen molar-refractivity contribution in [2.45, 2.75) is 38.9 Å². The number of hydrogen-bond acceptors (Lipinski definition) is 1. The van der Waals surface area contributed by atoms with Crippen molar-refractivity contribution in [1.82, 2.24) is 9.47 Å². The van der Waals surface area contributed by atoms with Crippen LogP contribution in [0.15, 0.2) is 16.7 Å². The topological polar surface area (TPSA) is 25.2 Å². The number of amides is 1. The van der Waals surface area contributed by atoms with Crippen LogP contribution in [0.2, 0.25) is 0 Å². The van der Waals surface area contributed by atoms with E-state index in [1.807, 2.05) is 0 Å². The summed E-state index contributed by atoms with van der Waals surface area (Å²) in [5, 5.41) is 0. The van der Waals surface area contributed by atoms with E-state index < -0.39 is 18.6 Å². The van der Waals surface area contributed by atoms with Gasteiger partial charge >= 0.3 is 6.18 Å². The van der Waals surface area contributed by atoms with Crippen LogP contribution >= 0.6 is 15.9 Å². The molecule has 0 unspecified atom stereocenters. The Bertz CT molecular complexity index is 521. The molecule has 1 aromatic heterocycles. The Morgan fingerprint density at radius 3 is 2.57 bits per heavy atom. The number of rotatable bonds is 5. The first-order chi connectivity index (χ1) is 9.67. The summed E-state index contributed by atoms with van der Waals surface area (Å²) in [6.07, 6.45) is -0.694. The fraction of sp³-hybridized carbons (Fsp3) is 0.643. The maximum absolute atomic E-state index is 12.7. The van der Waals surface area contributed by atoms with Crippen molar-refractivity contribution in [3.8, 4) is 0 Å². The summed E-state index contributed by atoms with van der Waals surface area (Å²) in [6.45, 7) is 2.47. The monoisotopic (exact) mass is 366 g/mol. The molecule has 0 aromatic carbocycles. The van der Waals surface area contributed by atoms with Crippen molar-refractivity contribution in [3.05, 3.63) is 22.4 Å². The van der Waals surface area contributed by atoms with Crippen LogP contribution in [0.25, 0.3) is 0 Å². The third-order valence-corrected chi connectivity index (χ3v) is 3.65. The second-order valence-electron chi connectivity index (χ2n) is 5.88. The zero-order valence-corrected chi connectivity index (χ0v) is 13.5. The summed E-state index contributed by atoms with van der Waals surface area (Å²) < 4.78 is 40.6. The molecule has 2 rings (SSSR count). The number of halogens is 4. The third-order valence-electron chi connectivity index (χ3n) is 3.22. The van der Waals surface area contributed by atoms with Crippen molar-refractivity contribution >= 4 is 21.8 Å². The molecule has 0 N–H and O–H groups in total. The zero-order chi connectivity index (χ0) is 15.8. The average molecular weight is 367 g/mol. The van der Waals surface area contributed by atoms with Crippen LogP contribution in [0.4, 0.5) is 13.2 Å². The first-order valence-electron chi connectivity index (χ1n) is 6.91. The third kappa shape index (κ3) is 4.49. The molecule has 7 heteroatoms. The van der Waals surface area contributed by atoms with Crippen LogP contribution in [-0.2, 0) is 0 Å². The van der Waals surface area contributed by atoms with E-state index in [0.29, 0.717) is 10.2 Å². The molecule has 1 aromatic rings. The highest BCUT2D eigenvalue weighted by Crippen LogP contribution is 2.38. The van der Waals surface area contributed by atoms with Gasteiger partial charge in [0.05, 0.1) is 0 Å². The summed E-state index contributed by atoms with van der Waals surface area (Å²) in [7, 11) is 0. The van der Waals surface area contributed by atoms with E-state index in [2.05, 4.69) is 15.9 Å².